The predicted molar refractivity (Wildman–Crippen MR) is 51.4 cm³/mol. The minimum absolute atomic E-state index is 0.118. The summed E-state index contributed by atoms with van der Waals surface area (Å²) in [5, 5.41) is 3.23. The monoisotopic (exact) mass is 195 g/mol. The molecule has 0 amide bonds. The maximum Gasteiger partial charge on any atom is 0.310 e. The average molecular weight is 195 g/mol. The first kappa shape index (κ1) is 9.21. The van der Waals surface area contributed by atoms with Crippen molar-refractivity contribution in [2.24, 2.45) is 0 Å². The van der Waals surface area contributed by atoms with Gasteiger partial charge >= 0.3 is 5.56 Å². The molecule has 0 aliphatic carbocycles. The van der Waals surface area contributed by atoms with Crippen LogP contribution in [0.15, 0.2) is 17.2 Å². The minimum Gasteiger partial charge on any atom is -0.470 e. The molecule has 1 fully saturated rings. The SMILES string of the molecule is O=c1[nH]ccnc1OC1CCNCC1. The third-order valence-electron chi connectivity index (χ3n) is 2.24. The van der Waals surface area contributed by atoms with Crippen LogP contribution in [-0.4, -0.2) is 29.2 Å². The summed E-state index contributed by atoms with van der Waals surface area (Å²) in [5.41, 5.74) is -0.258. The van der Waals surface area contributed by atoms with Gasteiger partial charge in [-0.3, -0.25) is 4.79 Å². The highest BCUT2D eigenvalue weighted by Crippen LogP contribution is 2.08. The van der Waals surface area contributed by atoms with E-state index in [2.05, 4.69) is 15.3 Å². The molecule has 14 heavy (non-hydrogen) atoms. The minimum atomic E-state index is -0.258. The summed E-state index contributed by atoms with van der Waals surface area (Å²) in [7, 11) is 0. The molecule has 0 atom stereocenters. The van der Waals surface area contributed by atoms with Crippen LogP contribution in [0.1, 0.15) is 12.8 Å². The van der Waals surface area contributed by atoms with Gasteiger partial charge in [-0.15, -0.1) is 0 Å². The number of nitrogens with one attached hydrogen (secondary N) is 2. The van der Waals surface area contributed by atoms with E-state index in [9.17, 15) is 4.79 Å². The molecule has 1 aliphatic heterocycles. The Balaban J connectivity index is 2.03. The van der Waals surface area contributed by atoms with Crippen molar-refractivity contribution < 1.29 is 4.74 Å². The summed E-state index contributed by atoms with van der Waals surface area (Å²) in [6, 6.07) is 0. The van der Waals surface area contributed by atoms with E-state index < -0.39 is 0 Å². The Labute approximate surface area is 81.5 Å². The van der Waals surface area contributed by atoms with E-state index in [1.165, 1.54) is 12.4 Å². The molecule has 0 aromatic carbocycles. The lowest BCUT2D eigenvalue weighted by molar-refractivity contribution is 0.153. The zero-order chi connectivity index (χ0) is 9.80. The number of hydrogen-bond donors (Lipinski definition) is 2. The van der Waals surface area contributed by atoms with Crippen molar-refractivity contribution in [3.05, 3.63) is 22.7 Å². The highest BCUT2D eigenvalue weighted by Gasteiger charge is 2.16. The van der Waals surface area contributed by atoms with Crippen molar-refractivity contribution in [2.75, 3.05) is 13.1 Å². The van der Waals surface area contributed by atoms with Gasteiger partial charge in [-0.05, 0) is 25.9 Å². The standard InChI is InChI=1S/C9H13N3O2/c13-8-9(12-6-5-11-8)14-7-1-3-10-4-2-7/h5-7,10H,1-4H2,(H,11,13). The number of hydrogen-bond acceptors (Lipinski definition) is 4. The van der Waals surface area contributed by atoms with Crippen molar-refractivity contribution in [2.45, 2.75) is 18.9 Å². The quantitative estimate of drug-likeness (QED) is 0.691. The second-order valence-electron chi connectivity index (χ2n) is 3.29. The summed E-state index contributed by atoms with van der Waals surface area (Å²) < 4.78 is 5.49. The second-order valence-corrected chi connectivity index (χ2v) is 3.29. The van der Waals surface area contributed by atoms with Gasteiger partial charge < -0.3 is 15.0 Å². The molecule has 1 saturated heterocycles. The van der Waals surface area contributed by atoms with Crippen LogP contribution in [0.2, 0.25) is 0 Å². The summed E-state index contributed by atoms with van der Waals surface area (Å²) in [5.74, 6) is 0.180. The van der Waals surface area contributed by atoms with Gasteiger partial charge in [0.2, 0.25) is 0 Å². The Kier molecular flexibility index (Phi) is 2.78. The van der Waals surface area contributed by atoms with Crippen molar-refractivity contribution in [3.8, 4) is 5.88 Å². The molecule has 0 radical (unpaired) electrons. The molecular formula is C9H13N3O2. The van der Waals surface area contributed by atoms with Crippen LogP contribution in [0.5, 0.6) is 5.88 Å². The van der Waals surface area contributed by atoms with Crippen molar-refractivity contribution in [3.63, 3.8) is 0 Å². The van der Waals surface area contributed by atoms with E-state index in [1.807, 2.05) is 0 Å². The Morgan fingerprint density at radius 3 is 2.93 bits per heavy atom. The molecule has 5 nitrogen and oxygen atoms in total. The normalized spacial score (nSPS) is 18.0. The number of aromatic amines is 1. The zero-order valence-corrected chi connectivity index (χ0v) is 7.82. The van der Waals surface area contributed by atoms with Gasteiger partial charge in [0.1, 0.15) is 6.10 Å². The molecule has 0 spiro atoms. The summed E-state index contributed by atoms with van der Waals surface area (Å²) in [6.45, 7) is 1.88. The first-order valence-corrected chi connectivity index (χ1v) is 4.77. The Hall–Kier alpha value is -1.36. The Bertz CT molecular complexity index is 344. The first-order chi connectivity index (χ1) is 6.86. The molecule has 0 saturated carbocycles. The van der Waals surface area contributed by atoms with Crippen LogP contribution < -0.4 is 15.6 Å². The molecule has 0 bridgehead atoms. The van der Waals surface area contributed by atoms with Crippen molar-refractivity contribution >= 4 is 0 Å². The molecule has 0 unspecified atom stereocenters. The van der Waals surface area contributed by atoms with Crippen LogP contribution in [0.3, 0.4) is 0 Å². The number of ether oxygens (including phenoxy) is 1. The van der Waals surface area contributed by atoms with Crippen LogP contribution in [0, 0.1) is 0 Å². The van der Waals surface area contributed by atoms with E-state index in [4.69, 9.17) is 4.74 Å². The smallest absolute Gasteiger partial charge is 0.310 e. The summed E-state index contributed by atoms with van der Waals surface area (Å²) in [4.78, 5) is 17.7. The first-order valence-electron chi connectivity index (χ1n) is 4.77. The van der Waals surface area contributed by atoms with E-state index in [0.717, 1.165) is 25.9 Å². The maximum absolute atomic E-state index is 11.2. The number of aromatic nitrogens is 2. The summed E-state index contributed by atoms with van der Waals surface area (Å²) in [6.07, 6.45) is 4.99. The fourth-order valence-electron chi connectivity index (χ4n) is 1.49. The fraction of sp³-hybridized carbons (Fsp3) is 0.556. The Morgan fingerprint density at radius 1 is 1.43 bits per heavy atom. The molecule has 1 aromatic heterocycles. The van der Waals surface area contributed by atoms with Gasteiger partial charge in [0.25, 0.3) is 5.88 Å². The molecule has 2 rings (SSSR count). The molecule has 2 N–H and O–H groups in total. The van der Waals surface area contributed by atoms with Crippen LogP contribution in [0.4, 0.5) is 0 Å². The molecular weight excluding hydrogens is 182 g/mol. The molecule has 2 heterocycles. The topological polar surface area (TPSA) is 67.0 Å². The van der Waals surface area contributed by atoms with E-state index in [0.29, 0.717) is 0 Å². The number of nitrogens with zero attached hydrogens (tertiary/aromatic N) is 1. The molecule has 1 aliphatic rings. The zero-order valence-electron chi connectivity index (χ0n) is 7.82. The lowest BCUT2D eigenvalue weighted by atomic mass is 10.1. The van der Waals surface area contributed by atoms with Crippen molar-refractivity contribution in [1.29, 1.82) is 0 Å². The second kappa shape index (κ2) is 4.23. The molecule has 5 heteroatoms. The number of H-pyrrole nitrogens is 1. The molecule has 1 aromatic rings. The van der Waals surface area contributed by atoms with E-state index in [1.54, 1.807) is 0 Å². The van der Waals surface area contributed by atoms with Crippen LogP contribution in [0.25, 0.3) is 0 Å². The van der Waals surface area contributed by atoms with E-state index in [-0.39, 0.29) is 17.5 Å². The van der Waals surface area contributed by atoms with Gasteiger partial charge in [-0.2, -0.15) is 0 Å². The Morgan fingerprint density at radius 2 is 2.21 bits per heavy atom. The largest absolute Gasteiger partial charge is 0.470 e. The summed E-state index contributed by atoms with van der Waals surface area (Å²) >= 11 is 0. The van der Waals surface area contributed by atoms with Crippen molar-refractivity contribution in [1.82, 2.24) is 15.3 Å². The highest BCUT2D eigenvalue weighted by atomic mass is 16.5. The molecule has 76 valence electrons. The number of rotatable bonds is 2. The van der Waals surface area contributed by atoms with E-state index >= 15 is 0 Å². The third kappa shape index (κ3) is 2.11. The van der Waals surface area contributed by atoms with Crippen LogP contribution in [-0.2, 0) is 0 Å². The maximum atomic E-state index is 11.2. The fourth-order valence-corrected chi connectivity index (χ4v) is 1.49. The highest BCUT2D eigenvalue weighted by molar-refractivity contribution is 5.03. The van der Waals surface area contributed by atoms with Crippen LogP contribution >= 0.6 is 0 Å². The van der Waals surface area contributed by atoms with Gasteiger partial charge in [-0.1, -0.05) is 0 Å². The number of piperidine rings is 1. The lowest BCUT2D eigenvalue weighted by Gasteiger charge is -2.22. The lowest BCUT2D eigenvalue weighted by Crippen LogP contribution is -2.35. The van der Waals surface area contributed by atoms with Gasteiger partial charge in [0.15, 0.2) is 0 Å². The third-order valence-corrected chi connectivity index (χ3v) is 2.24. The predicted octanol–water partition coefficient (Wildman–Crippen LogP) is -0.0993. The van der Waals surface area contributed by atoms with Gasteiger partial charge in [0, 0.05) is 12.4 Å². The van der Waals surface area contributed by atoms with Gasteiger partial charge in [-0.25, -0.2) is 4.98 Å². The average Bonchev–Trinajstić information content (AvgIpc) is 2.23. The van der Waals surface area contributed by atoms with Gasteiger partial charge in [0.05, 0.1) is 0 Å².